The molecular formula is C27H26N2O5. The predicted molar refractivity (Wildman–Crippen MR) is 131 cm³/mol. The summed E-state index contributed by atoms with van der Waals surface area (Å²) in [4.78, 5) is 29.0. The lowest BCUT2D eigenvalue weighted by Gasteiger charge is -2.11. The molecule has 0 aliphatic heterocycles. The molecule has 4 rings (SSSR count). The minimum Gasteiger partial charge on any atom is -0.492 e. The van der Waals surface area contributed by atoms with Gasteiger partial charge in [-0.05, 0) is 29.2 Å². The second kappa shape index (κ2) is 9.79. The summed E-state index contributed by atoms with van der Waals surface area (Å²) in [5.41, 5.74) is 3.91. The lowest BCUT2D eigenvalue weighted by Crippen LogP contribution is -2.07. The number of ether oxygens (including phenoxy) is 2. The van der Waals surface area contributed by atoms with Crippen LogP contribution in [0.25, 0.3) is 22.2 Å². The van der Waals surface area contributed by atoms with Crippen LogP contribution < -0.4 is 14.9 Å². The molecule has 34 heavy (non-hydrogen) atoms. The third-order valence-electron chi connectivity index (χ3n) is 5.77. The van der Waals surface area contributed by atoms with Crippen LogP contribution >= 0.6 is 0 Å². The number of rotatable bonds is 8. The fourth-order valence-electron chi connectivity index (χ4n) is 4.08. The van der Waals surface area contributed by atoms with Crippen molar-refractivity contribution in [1.29, 1.82) is 0 Å². The van der Waals surface area contributed by atoms with Gasteiger partial charge in [0.25, 0.3) is 5.43 Å². The monoisotopic (exact) mass is 458 g/mol. The second-order valence-electron chi connectivity index (χ2n) is 7.94. The largest absolute Gasteiger partial charge is 0.492 e. The number of hydrogen-bond donors (Lipinski definition) is 1. The van der Waals surface area contributed by atoms with E-state index in [1.165, 1.54) is 14.2 Å². The normalized spacial score (nSPS) is 10.9. The minimum atomic E-state index is -0.955. The number of carbonyl (C=O) groups is 1. The third kappa shape index (κ3) is 4.37. The number of imidazole rings is 1. The summed E-state index contributed by atoms with van der Waals surface area (Å²) < 4.78 is 12.7. The van der Waals surface area contributed by atoms with Gasteiger partial charge in [-0.2, -0.15) is 0 Å². The Morgan fingerprint density at radius 2 is 1.68 bits per heavy atom. The standard InChI is InChI=1S/C27H26N2O5/c1-4-7-25-28-21-14-23(33-2)26(30)24(34-3)15-22(21)29(25)16-17-10-12-18(13-11-17)19-8-5-6-9-20(19)27(31)32/h5-6,8-15H,4,7,16H2,1-3H3,(H,31,32). The van der Waals surface area contributed by atoms with Crippen molar-refractivity contribution in [3.8, 4) is 22.6 Å². The zero-order valence-electron chi connectivity index (χ0n) is 19.4. The van der Waals surface area contributed by atoms with Crippen LogP contribution in [0.2, 0.25) is 0 Å². The summed E-state index contributed by atoms with van der Waals surface area (Å²) in [7, 11) is 2.92. The number of carboxylic acids is 1. The van der Waals surface area contributed by atoms with E-state index >= 15 is 0 Å². The van der Waals surface area contributed by atoms with Gasteiger partial charge < -0.3 is 19.1 Å². The van der Waals surface area contributed by atoms with Crippen LogP contribution in [0.15, 0.2) is 65.5 Å². The molecule has 0 atom stereocenters. The molecule has 3 aromatic carbocycles. The first kappa shape index (κ1) is 23.0. The first-order valence-electron chi connectivity index (χ1n) is 11.0. The van der Waals surface area contributed by atoms with Gasteiger partial charge >= 0.3 is 5.97 Å². The molecule has 7 heteroatoms. The molecule has 0 aliphatic rings. The summed E-state index contributed by atoms with van der Waals surface area (Å²) in [5, 5.41) is 9.50. The molecule has 0 radical (unpaired) electrons. The van der Waals surface area contributed by atoms with Crippen molar-refractivity contribution in [2.75, 3.05) is 14.2 Å². The Morgan fingerprint density at radius 3 is 2.32 bits per heavy atom. The van der Waals surface area contributed by atoms with Crippen molar-refractivity contribution in [3.05, 3.63) is 87.8 Å². The Balaban J connectivity index is 1.78. The van der Waals surface area contributed by atoms with Crippen LogP contribution in [-0.2, 0) is 13.0 Å². The summed E-state index contributed by atoms with van der Waals surface area (Å²) >= 11 is 0. The van der Waals surface area contributed by atoms with Crippen molar-refractivity contribution in [3.63, 3.8) is 0 Å². The second-order valence-corrected chi connectivity index (χ2v) is 7.94. The first-order chi connectivity index (χ1) is 16.5. The van der Waals surface area contributed by atoms with Crippen LogP contribution in [0.4, 0.5) is 0 Å². The van der Waals surface area contributed by atoms with Gasteiger partial charge in [0.2, 0.25) is 0 Å². The Kier molecular flexibility index (Phi) is 6.63. The van der Waals surface area contributed by atoms with Crippen molar-refractivity contribution >= 4 is 17.0 Å². The highest BCUT2D eigenvalue weighted by atomic mass is 16.5. The molecule has 0 aliphatic carbocycles. The van der Waals surface area contributed by atoms with Gasteiger partial charge in [-0.15, -0.1) is 0 Å². The summed E-state index contributed by atoms with van der Waals surface area (Å²) in [5.74, 6) is 0.321. The Labute approximate surface area is 197 Å². The molecule has 1 aromatic heterocycles. The fraction of sp³-hybridized carbons (Fsp3) is 0.222. The maximum Gasteiger partial charge on any atom is 0.336 e. The molecule has 0 bridgehead atoms. The quantitative estimate of drug-likeness (QED) is 0.409. The van der Waals surface area contributed by atoms with Gasteiger partial charge in [0.05, 0.1) is 30.8 Å². The smallest absolute Gasteiger partial charge is 0.336 e. The summed E-state index contributed by atoms with van der Waals surface area (Å²) in [6.45, 7) is 2.63. The van der Waals surface area contributed by atoms with Crippen LogP contribution in [0.5, 0.6) is 11.5 Å². The van der Waals surface area contributed by atoms with Gasteiger partial charge in [0.15, 0.2) is 11.5 Å². The molecule has 4 aromatic rings. The predicted octanol–water partition coefficient (Wildman–Crippen LogP) is 4.78. The molecule has 0 saturated carbocycles. The van der Waals surface area contributed by atoms with E-state index in [4.69, 9.17) is 14.5 Å². The average molecular weight is 459 g/mol. The van der Waals surface area contributed by atoms with E-state index in [2.05, 4.69) is 11.5 Å². The molecule has 0 unspecified atom stereocenters. The fourth-order valence-corrected chi connectivity index (χ4v) is 4.08. The first-order valence-corrected chi connectivity index (χ1v) is 11.0. The van der Waals surface area contributed by atoms with Gasteiger partial charge in [0.1, 0.15) is 5.82 Å². The maximum atomic E-state index is 12.6. The minimum absolute atomic E-state index is 0.181. The molecule has 1 N–H and O–H groups in total. The van der Waals surface area contributed by atoms with E-state index in [0.717, 1.165) is 35.3 Å². The van der Waals surface area contributed by atoms with E-state index in [-0.39, 0.29) is 22.5 Å². The van der Waals surface area contributed by atoms with Gasteiger partial charge in [-0.3, -0.25) is 4.79 Å². The van der Waals surface area contributed by atoms with Crippen molar-refractivity contribution < 1.29 is 19.4 Å². The average Bonchev–Trinajstić information content (AvgIpc) is 3.08. The van der Waals surface area contributed by atoms with Crippen LogP contribution in [-0.4, -0.2) is 34.8 Å². The van der Waals surface area contributed by atoms with E-state index in [0.29, 0.717) is 17.6 Å². The van der Waals surface area contributed by atoms with Gasteiger partial charge in [-0.25, -0.2) is 9.78 Å². The number of fused-ring (bicyclic) bond motifs is 1. The molecule has 174 valence electrons. The van der Waals surface area contributed by atoms with E-state index in [1.807, 2.05) is 30.3 Å². The van der Waals surface area contributed by atoms with Crippen molar-refractivity contribution in [1.82, 2.24) is 9.55 Å². The van der Waals surface area contributed by atoms with Crippen molar-refractivity contribution in [2.45, 2.75) is 26.3 Å². The molecule has 0 amide bonds. The highest BCUT2D eigenvalue weighted by Crippen LogP contribution is 2.26. The van der Waals surface area contributed by atoms with Crippen LogP contribution in [0.3, 0.4) is 0 Å². The Bertz CT molecular complexity index is 1410. The van der Waals surface area contributed by atoms with Crippen LogP contribution in [0.1, 0.15) is 35.1 Å². The topological polar surface area (TPSA) is 90.7 Å². The Hall–Kier alpha value is -4.13. The number of carboxylic acid groups (broad SMARTS) is 1. The molecule has 0 spiro atoms. The van der Waals surface area contributed by atoms with Crippen LogP contribution in [0, 0.1) is 0 Å². The SMILES string of the molecule is CCCc1nc2cc(OC)c(=O)c(OC)cc2n1Cc1ccc(-c2ccccc2C(=O)O)cc1. The molecule has 0 fully saturated rings. The summed E-state index contributed by atoms with van der Waals surface area (Å²) in [6.07, 6.45) is 1.69. The van der Waals surface area contributed by atoms with E-state index < -0.39 is 5.97 Å². The molecule has 0 saturated heterocycles. The lowest BCUT2D eigenvalue weighted by atomic mass is 9.99. The number of methoxy groups -OCH3 is 2. The zero-order valence-corrected chi connectivity index (χ0v) is 19.4. The lowest BCUT2D eigenvalue weighted by molar-refractivity contribution is 0.0697. The molecular weight excluding hydrogens is 432 g/mol. The zero-order chi connectivity index (χ0) is 24.2. The van der Waals surface area contributed by atoms with Gasteiger partial charge in [-0.1, -0.05) is 49.4 Å². The number of hydrogen-bond acceptors (Lipinski definition) is 5. The maximum absolute atomic E-state index is 12.6. The molecule has 7 nitrogen and oxygen atoms in total. The number of aromatic carboxylic acids is 1. The Morgan fingerprint density at radius 1 is 1.00 bits per heavy atom. The van der Waals surface area contributed by atoms with E-state index in [1.54, 1.807) is 30.3 Å². The third-order valence-corrected chi connectivity index (χ3v) is 5.77. The van der Waals surface area contributed by atoms with Crippen molar-refractivity contribution in [2.24, 2.45) is 0 Å². The number of aromatic nitrogens is 2. The highest BCUT2D eigenvalue weighted by molar-refractivity contribution is 5.96. The molecule has 1 heterocycles. The highest BCUT2D eigenvalue weighted by Gasteiger charge is 2.16. The number of aryl methyl sites for hydroxylation is 1. The number of benzene rings is 2. The van der Waals surface area contributed by atoms with Gasteiger partial charge in [0, 0.05) is 25.1 Å². The summed E-state index contributed by atoms with van der Waals surface area (Å²) in [6, 6.07) is 18.1. The number of nitrogens with zero attached hydrogens (tertiary/aromatic N) is 2. The van der Waals surface area contributed by atoms with E-state index in [9.17, 15) is 14.7 Å².